The van der Waals surface area contributed by atoms with E-state index in [-0.39, 0.29) is 68.9 Å². The molecule has 5 heteroatoms. The van der Waals surface area contributed by atoms with E-state index in [9.17, 15) is 13.2 Å². The van der Waals surface area contributed by atoms with Gasteiger partial charge in [0.25, 0.3) is 0 Å². The van der Waals surface area contributed by atoms with Crippen molar-refractivity contribution in [2.24, 2.45) is 0 Å². The van der Waals surface area contributed by atoms with Crippen LogP contribution in [0.4, 0.5) is 13.2 Å². The minimum absolute atomic E-state index is 0. The molecule has 0 aliphatic rings. The Morgan fingerprint density at radius 1 is 1.17 bits per heavy atom. The summed E-state index contributed by atoms with van der Waals surface area (Å²) in [5.41, 5.74) is -4.31. The van der Waals surface area contributed by atoms with Gasteiger partial charge in [-0.1, -0.05) is 12.6 Å². The van der Waals surface area contributed by atoms with Crippen molar-refractivity contribution in [3.63, 3.8) is 0 Å². The zero-order valence-corrected chi connectivity index (χ0v) is 2.98. The summed E-state index contributed by atoms with van der Waals surface area (Å²) in [6, 6.07) is 0. The zero-order chi connectivity index (χ0) is 4.50. The third-order valence-electron chi connectivity index (χ3n) is 0. The molecule has 0 saturated carbocycles. The predicted molar refractivity (Wildman–Crippen MR) is 22.2 cm³/mol. The first-order valence-corrected chi connectivity index (χ1v) is 1.24. The van der Waals surface area contributed by atoms with Crippen molar-refractivity contribution in [1.29, 1.82) is 0 Å². The van der Waals surface area contributed by atoms with Gasteiger partial charge in [-0.15, -0.1) is 0 Å². The molecular weight excluding hydrogens is 234 g/mol. The van der Waals surface area contributed by atoms with E-state index in [0.717, 1.165) is 0 Å². The Kier molecular flexibility index (Phi) is 7.57. The summed E-state index contributed by atoms with van der Waals surface area (Å²) < 4.78 is 30.7. The molecule has 0 amide bonds. The Morgan fingerprint density at radius 3 is 1.17 bits per heavy atom. The van der Waals surface area contributed by atoms with E-state index in [0.29, 0.717) is 0 Å². The van der Waals surface area contributed by atoms with E-state index >= 15 is 0 Å². The number of halogens is 3. The Balaban J connectivity index is 0. The molecule has 0 fully saturated rings. The number of thiol groups is 1. The van der Waals surface area contributed by atoms with Crippen molar-refractivity contribution < 1.29 is 13.2 Å². The molecule has 0 aromatic heterocycles. The van der Waals surface area contributed by atoms with Gasteiger partial charge in [0, 0.05) is 0 Å². The first-order valence-electron chi connectivity index (χ1n) is 0.791. The number of hydrogen-bond donors (Lipinski definition) is 1. The molecule has 0 aromatic carbocycles. The van der Waals surface area contributed by atoms with Gasteiger partial charge in [-0.2, -0.15) is 13.2 Å². The Hall–Kier alpha value is 2.19. The third kappa shape index (κ3) is 34.7. The summed E-state index contributed by atoms with van der Waals surface area (Å²) in [5, 5.41) is 0. The molecular formula is CH2CsF3S. The van der Waals surface area contributed by atoms with Gasteiger partial charge >= 0.3 is 74.4 Å². The second-order valence-electron chi connectivity index (χ2n) is 0.468. The molecule has 0 aliphatic heterocycles. The molecule has 0 rings (SSSR count). The average Bonchev–Trinajstić information content (AvgIpc) is 0.722. The minimum atomic E-state index is -4.31. The third-order valence-corrected chi connectivity index (χ3v) is 0. The van der Waals surface area contributed by atoms with Gasteiger partial charge in [0.1, 0.15) is 0 Å². The Labute approximate surface area is 97.7 Å². The molecule has 0 unspecified atom stereocenters. The Bertz CT molecular complexity index is 26.3. The molecule has 34 valence electrons. The van der Waals surface area contributed by atoms with Crippen molar-refractivity contribution in [2.75, 3.05) is 0 Å². The molecule has 0 N–H and O–H groups in total. The average molecular weight is 236 g/mol. The van der Waals surface area contributed by atoms with Crippen molar-refractivity contribution in [3.8, 4) is 0 Å². The fourth-order valence-corrected chi connectivity index (χ4v) is 0. The SMILES string of the molecule is FC(F)(F)S.[CsH]. The summed E-state index contributed by atoms with van der Waals surface area (Å²) in [6.07, 6.45) is 0. The van der Waals surface area contributed by atoms with E-state index in [1.165, 1.54) is 0 Å². The van der Waals surface area contributed by atoms with Crippen molar-refractivity contribution in [3.05, 3.63) is 0 Å². The zero-order valence-electron chi connectivity index (χ0n) is 2.08. The van der Waals surface area contributed by atoms with Gasteiger partial charge in [-0.05, 0) is 0 Å². The summed E-state index contributed by atoms with van der Waals surface area (Å²) in [6.45, 7) is 0. The maximum atomic E-state index is 10.2. The van der Waals surface area contributed by atoms with Crippen LogP contribution >= 0.6 is 12.6 Å². The van der Waals surface area contributed by atoms with Crippen LogP contribution in [0.3, 0.4) is 0 Å². The topological polar surface area (TPSA) is 0 Å². The van der Waals surface area contributed by atoms with Crippen LogP contribution in [-0.2, 0) is 0 Å². The summed E-state index contributed by atoms with van der Waals surface area (Å²) in [5.74, 6) is 0. The quantitative estimate of drug-likeness (QED) is 0.590. The summed E-state index contributed by atoms with van der Waals surface area (Å²) >= 11 is 2.12. The predicted octanol–water partition coefficient (Wildman–Crippen LogP) is 0.787. The van der Waals surface area contributed by atoms with Crippen LogP contribution in [-0.4, -0.2) is 74.4 Å². The van der Waals surface area contributed by atoms with Gasteiger partial charge < -0.3 is 0 Å². The Morgan fingerprint density at radius 2 is 1.17 bits per heavy atom. The van der Waals surface area contributed by atoms with Crippen LogP contribution in [0, 0.1) is 0 Å². The van der Waals surface area contributed by atoms with Gasteiger partial charge in [0.2, 0.25) is 0 Å². The van der Waals surface area contributed by atoms with E-state index in [4.69, 9.17) is 0 Å². The van der Waals surface area contributed by atoms with E-state index in [2.05, 4.69) is 12.6 Å². The number of hydrogen-bond acceptors (Lipinski definition) is 1. The number of alkyl halides is 3. The second kappa shape index (κ2) is 4.11. The summed E-state index contributed by atoms with van der Waals surface area (Å²) in [7, 11) is 0. The molecule has 6 heavy (non-hydrogen) atoms. The number of rotatable bonds is 0. The van der Waals surface area contributed by atoms with Crippen LogP contribution in [0.1, 0.15) is 0 Å². The molecule has 0 spiro atoms. The van der Waals surface area contributed by atoms with Gasteiger partial charge in [-0.25, -0.2) is 0 Å². The summed E-state index contributed by atoms with van der Waals surface area (Å²) in [4.78, 5) is 0. The van der Waals surface area contributed by atoms with Gasteiger partial charge in [0.15, 0.2) is 0 Å². The molecule has 0 nitrogen and oxygen atoms in total. The van der Waals surface area contributed by atoms with Crippen LogP contribution in [0.15, 0.2) is 0 Å². The normalized spacial score (nSPS) is 10.0. The fraction of sp³-hybridized carbons (Fsp3) is 1.00. The van der Waals surface area contributed by atoms with Gasteiger partial charge in [0.05, 0.1) is 0 Å². The standard InChI is InChI=1S/CHF3S.Cs.H/c2-1(3,4)5;;/h5H;;. The van der Waals surface area contributed by atoms with Crippen LogP contribution in [0.2, 0.25) is 0 Å². The molecule has 0 heterocycles. The first kappa shape index (κ1) is 11.1. The maximum absolute atomic E-state index is 10.2. The van der Waals surface area contributed by atoms with Gasteiger partial charge in [-0.3, -0.25) is 0 Å². The molecule has 0 aromatic rings. The van der Waals surface area contributed by atoms with Crippen LogP contribution in [0.25, 0.3) is 0 Å². The first-order chi connectivity index (χ1) is 2.00. The molecule has 0 aliphatic carbocycles. The van der Waals surface area contributed by atoms with Crippen LogP contribution in [0.5, 0.6) is 0 Å². The monoisotopic (exact) mass is 236 g/mol. The van der Waals surface area contributed by atoms with Crippen molar-refractivity contribution in [1.82, 2.24) is 0 Å². The second-order valence-corrected chi connectivity index (χ2v) is 0.975. The van der Waals surface area contributed by atoms with Crippen molar-refractivity contribution in [2.45, 2.75) is 5.51 Å². The van der Waals surface area contributed by atoms with Crippen LogP contribution < -0.4 is 0 Å². The molecule has 0 saturated heterocycles. The van der Waals surface area contributed by atoms with Crippen molar-refractivity contribution >= 4 is 81.5 Å². The van der Waals surface area contributed by atoms with E-state index in [1.54, 1.807) is 0 Å². The molecule has 0 bridgehead atoms. The fourth-order valence-electron chi connectivity index (χ4n) is 0. The van der Waals surface area contributed by atoms with E-state index < -0.39 is 5.51 Å². The molecule has 0 radical (unpaired) electrons. The molecule has 0 atom stereocenters. The van der Waals surface area contributed by atoms with E-state index in [1.807, 2.05) is 0 Å².